The lowest BCUT2D eigenvalue weighted by molar-refractivity contribution is 0.100. The van der Waals surface area contributed by atoms with Gasteiger partial charge in [0.05, 0.1) is 29.6 Å². The summed E-state index contributed by atoms with van der Waals surface area (Å²) in [7, 11) is -3.17. The van der Waals surface area contributed by atoms with Crippen LogP contribution in [0.3, 0.4) is 0 Å². The van der Waals surface area contributed by atoms with Gasteiger partial charge in [-0.3, -0.25) is 9.69 Å². The van der Waals surface area contributed by atoms with E-state index in [0.29, 0.717) is 18.7 Å². The minimum atomic E-state index is -3.17. The second-order valence-corrected chi connectivity index (χ2v) is 11.7. The van der Waals surface area contributed by atoms with E-state index in [1.54, 1.807) is 17.5 Å². The molecule has 0 saturated carbocycles. The minimum Gasteiger partial charge on any atom is -0.467 e. The molecule has 1 amide bonds. The highest BCUT2D eigenvalue weighted by molar-refractivity contribution is 7.89. The van der Waals surface area contributed by atoms with Gasteiger partial charge in [0, 0.05) is 30.2 Å². The first kappa shape index (κ1) is 23.1. The summed E-state index contributed by atoms with van der Waals surface area (Å²) in [5, 5.41) is 0.963. The molecule has 2 saturated heterocycles. The molecule has 4 heterocycles. The predicted molar refractivity (Wildman–Crippen MR) is 132 cm³/mol. The first-order chi connectivity index (χ1) is 16.4. The number of nitrogens with two attached hydrogens (primary N) is 1. The van der Waals surface area contributed by atoms with Crippen molar-refractivity contribution in [2.24, 2.45) is 5.73 Å². The average molecular weight is 485 g/mol. The van der Waals surface area contributed by atoms with E-state index >= 15 is 0 Å². The zero-order valence-corrected chi connectivity index (χ0v) is 20.4. The van der Waals surface area contributed by atoms with Crippen LogP contribution in [0, 0.1) is 0 Å². The smallest absolute Gasteiger partial charge is 0.250 e. The lowest BCUT2D eigenvalue weighted by atomic mass is 9.88. The summed E-state index contributed by atoms with van der Waals surface area (Å²) in [6.45, 7) is 5.69. The Morgan fingerprint density at radius 1 is 1.12 bits per heavy atom. The van der Waals surface area contributed by atoms with E-state index in [9.17, 15) is 13.2 Å². The molecular formula is C25H32N4O4S. The predicted octanol–water partition coefficient (Wildman–Crippen LogP) is 3.65. The summed E-state index contributed by atoms with van der Waals surface area (Å²) < 4.78 is 31.9. The molecule has 182 valence electrons. The number of hydrogen-bond acceptors (Lipinski definition) is 5. The molecule has 2 aliphatic heterocycles. The van der Waals surface area contributed by atoms with Crippen molar-refractivity contribution < 1.29 is 17.6 Å². The summed E-state index contributed by atoms with van der Waals surface area (Å²) >= 11 is 0. The molecule has 3 aromatic rings. The monoisotopic (exact) mass is 484 g/mol. The van der Waals surface area contributed by atoms with Crippen LogP contribution in [0.4, 0.5) is 0 Å². The van der Waals surface area contributed by atoms with E-state index in [-0.39, 0.29) is 11.7 Å². The Labute approximate surface area is 200 Å². The van der Waals surface area contributed by atoms with Crippen molar-refractivity contribution in [1.29, 1.82) is 0 Å². The van der Waals surface area contributed by atoms with E-state index in [2.05, 4.69) is 16.0 Å². The van der Waals surface area contributed by atoms with Crippen LogP contribution in [0.25, 0.3) is 22.0 Å². The number of rotatable bonds is 7. The molecule has 2 aliphatic rings. The molecule has 2 fully saturated rings. The molecule has 1 aromatic carbocycles. The number of aromatic nitrogens is 1. The van der Waals surface area contributed by atoms with Crippen molar-refractivity contribution >= 4 is 26.8 Å². The van der Waals surface area contributed by atoms with Crippen LogP contribution in [-0.2, 0) is 16.6 Å². The van der Waals surface area contributed by atoms with Gasteiger partial charge in [0.2, 0.25) is 10.0 Å². The highest BCUT2D eigenvalue weighted by Crippen LogP contribution is 2.37. The van der Waals surface area contributed by atoms with Crippen LogP contribution in [0.2, 0.25) is 0 Å². The van der Waals surface area contributed by atoms with Crippen molar-refractivity contribution in [3.8, 4) is 11.1 Å². The molecule has 8 nitrogen and oxygen atoms in total. The molecule has 2 aromatic heterocycles. The van der Waals surface area contributed by atoms with Crippen LogP contribution in [0.5, 0.6) is 0 Å². The molecule has 5 rings (SSSR count). The third-order valence-electron chi connectivity index (χ3n) is 7.30. The Kier molecular flexibility index (Phi) is 6.26. The summed E-state index contributed by atoms with van der Waals surface area (Å²) in [5.41, 5.74) is 9.85. The number of nitrogens with zero attached hydrogens (tertiary/aromatic N) is 2. The van der Waals surface area contributed by atoms with Gasteiger partial charge in [-0.1, -0.05) is 0 Å². The molecule has 0 unspecified atom stereocenters. The van der Waals surface area contributed by atoms with Crippen molar-refractivity contribution in [3.63, 3.8) is 0 Å². The lowest BCUT2D eigenvalue weighted by Crippen LogP contribution is -2.38. The van der Waals surface area contributed by atoms with Gasteiger partial charge in [-0.15, -0.1) is 0 Å². The fourth-order valence-electron chi connectivity index (χ4n) is 5.36. The maximum Gasteiger partial charge on any atom is 0.250 e. The SMILES string of the molecule is CCS(=O)(=O)N1CCC(c2c[nH]c3c(C(N)=O)cc(-c4coc(CN5CCCC5)c4)cc23)CC1. The number of nitrogens with one attached hydrogen (secondary N) is 1. The minimum absolute atomic E-state index is 0.126. The topological polar surface area (TPSA) is 113 Å². The molecule has 3 N–H and O–H groups in total. The molecule has 0 atom stereocenters. The van der Waals surface area contributed by atoms with Gasteiger partial charge in [-0.25, -0.2) is 12.7 Å². The highest BCUT2D eigenvalue weighted by atomic mass is 32.2. The van der Waals surface area contributed by atoms with Gasteiger partial charge in [0.1, 0.15) is 5.76 Å². The number of benzene rings is 1. The number of likely N-dealkylation sites (tertiary alicyclic amines) is 1. The first-order valence-corrected chi connectivity index (χ1v) is 13.7. The Bertz CT molecular complexity index is 1300. The number of carbonyl (C=O) groups excluding carboxylic acids is 1. The average Bonchev–Trinajstić information content (AvgIpc) is 3.60. The van der Waals surface area contributed by atoms with E-state index in [1.165, 1.54) is 12.8 Å². The van der Waals surface area contributed by atoms with Gasteiger partial charge in [-0.2, -0.15) is 0 Å². The number of hydrogen-bond donors (Lipinski definition) is 2. The second-order valence-electron chi connectivity index (χ2n) is 9.41. The maximum atomic E-state index is 12.3. The van der Waals surface area contributed by atoms with E-state index < -0.39 is 15.9 Å². The summed E-state index contributed by atoms with van der Waals surface area (Å²) in [6.07, 6.45) is 7.64. The highest BCUT2D eigenvalue weighted by Gasteiger charge is 2.29. The van der Waals surface area contributed by atoms with Crippen molar-refractivity contribution in [2.75, 3.05) is 31.9 Å². The summed E-state index contributed by atoms with van der Waals surface area (Å²) in [6, 6.07) is 5.96. The molecule has 0 aliphatic carbocycles. The molecule has 9 heteroatoms. The third kappa shape index (κ3) is 4.39. The molecule has 0 bridgehead atoms. The maximum absolute atomic E-state index is 12.3. The summed E-state index contributed by atoms with van der Waals surface area (Å²) in [5.74, 6) is 0.769. The van der Waals surface area contributed by atoms with E-state index in [1.807, 2.05) is 18.3 Å². The quantitative estimate of drug-likeness (QED) is 0.532. The third-order valence-corrected chi connectivity index (χ3v) is 9.19. The van der Waals surface area contributed by atoms with E-state index in [4.69, 9.17) is 10.2 Å². The molecular weight excluding hydrogens is 452 g/mol. The number of primary amides is 1. The van der Waals surface area contributed by atoms with Gasteiger partial charge >= 0.3 is 0 Å². The number of H-pyrrole nitrogens is 1. The number of carbonyl (C=O) groups is 1. The van der Waals surface area contributed by atoms with Crippen LogP contribution >= 0.6 is 0 Å². The van der Waals surface area contributed by atoms with Crippen LogP contribution in [0.1, 0.15) is 60.2 Å². The number of fused-ring (bicyclic) bond motifs is 1. The Morgan fingerprint density at radius 3 is 2.53 bits per heavy atom. The molecule has 34 heavy (non-hydrogen) atoms. The summed E-state index contributed by atoms with van der Waals surface area (Å²) in [4.78, 5) is 17.9. The number of amides is 1. The van der Waals surface area contributed by atoms with Crippen molar-refractivity contribution in [2.45, 2.75) is 45.1 Å². The van der Waals surface area contributed by atoms with Crippen LogP contribution in [0.15, 0.2) is 35.1 Å². The standard InChI is InChI=1S/C25H32N4O4S/c1-2-34(31,32)29-9-5-17(6-10-29)23-14-27-24-21(23)12-18(13-22(24)25(26)30)19-11-20(33-16-19)15-28-7-3-4-8-28/h11-14,16-17,27H,2-10,15H2,1H3,(H2,26,30). The van der Waals surface area contributed by atoms with Crippen molar-refractivity contribution in [1.82, 2.24) is 14.2 Å². The number of furan rings is 1. The lowest BCUT2D eigenvalue weighted by Gasteiger charge is -2.31. The molecule has 0 radical (unpaired) electrons. The Hall–Kier alpha value is -2.62. The Morgan fingerprint density at radius 2 is 1.85 bits per heavy atom. The fraction of sp³-hybridized carbons (Fsp3) is 0.480. The first-order valence-electron chi connectivity index (χ1n) is 12.1. The Balaban J connectivity index is 1.45. The zero-order valence-electron chi connectivity index (χ0n) is 19.5. The van der Waals surface area contributed by atoms with Crippen LogP contribution in [-0.4, -0.2) is 60.4 Å². The molecule has 0 spiro atoms. The number of piperidine rings is 1. The normalized spacial score (nSPS) is 18.7. The fourth-order valence-corrected chi connectivity index (χ4v) is 6.49. The van der Waals surface area contributed by atoms with E-state index in [0.717, 1.165) is 65.8 Å². The van der Waals surface area contributed by atoms with Gasteiger partial charge in [0.25, 0.3) is 5.91 Å². The van der Waals surface area contributed by atoms with Gasteiger partial charge < -0.3 is 15.1 Å². The van der Waals surface area contributed by atoms with Crippen LogP contribution < -0.4 is 5.73 Å². The van der Waals surface area contributed by atoms with Gasteiger partial charge in [0.15, 0.2) is 0 Å². The number of sulfonamides is 1. The van der Waals surface area contributed by atoms with Crippen molar-refractivity contribution in [3.05, 3.63) is 47.5 Å². The van der Waals surface area contributed by atoms with Gasteiger partial charge in [-0.05, 0) is 80.9 Å². The largest absolute Gasteiger partial charge is 0.467 e. The second kappa shape index (κ2) is 9.20. The zero-order chi connectivity index (χ0) is 23.9. The number of aromatic amines is 1.